The highest BCUT2D eigenvalue weighted by Crippen LogP contribution is 2.34. The topological polar surface area (TPSA) is 29.5 Å². The van der Waals surface area contributed by atoms with Crippen LogP contribution in [0.25, 0.3) is 0 Å². The lowest BCUT2D eigenvalue weighted by Gasteiger charge is -2.20. The lowest BCUT2D eigenvalue weighted by atomic mass is 10.1. The molecular formula is C12H14ClNO2S. The van der Waals surface area contributed by atoms with Crippen LogP contribution in [0.3, 0.4) is 0 Å². The van der Waals surface area contributed by atoms with E-state index in [9.17, 15) is 4.79 Å². The molecule has 1 amide bonds. The number of ether oxygens (including phenoxy) is 1. The van der Waals surface area contributed by atoms with Crippen molar-refractivity contribution in [2.24, 2.45) is 0 Å². The minimum absolute atomic E-state index is 0.0920. The number of aryl methyl sites for hydroxylation is 1. The number of amides is 1. The number of rotatable bonds is 2. The highest BCUT2D eigenvalue weighted by atomic mass is 35.5. The van der Waals surface area contributed by atoms with E-state index >= 15 is 0 Å². The molecule has 1 unspecified atom stereocenters. The molecule has 0 N–H and O–H groups in total. The van der Waals surface area contributed by atoms with Gasteiger partial charge >= 0.3 is 0 Å². The van der Waals surface area contributed by atoms with Gasteiger partial charge in [-0.2, -0.15) is 12.6 Å². The van der Waals surface area contributed by atoms with Gasteiger partial charge in [0.15, 0.2) is 0 Å². The molecule has 0 bridgehead atoms. The van der Waals surface area contributed by atoms with Crippen molar-refractivity contribution in [3.05, 3.63) is 22.7 Å². The van der Waals surface area contributed by atoms with E-state index in [-0.39, 0.29) is 11.2 Å². The molecule has 1 aromatic rings. The van der Waals surface area contributed by atoms with E-state index in [1.165, 1.54) is 0 Å². The van der Waals surface area contributed by atoms with Crippen molar-refractivity contribution in [3.63, 3.8) is 0 Å². The van der Waals surface area contributed by atoms with Crippen LogP contribution < -0.4 is 9.64 Å². The smallest absolute Gasteiger partial charge is 0.228 e. The number of hydrogen-bond acceptors (Lipinski definition) is 3. The Morgan fingerprint density at radius 2 is 2.24 bits per heavy atom. The molecule has 17 heavy (non-hydrogen) atoms. The Kier molecular flexibility index (Phi) is 3.54. The standard InChI is InChI=1S/C12H14ClNO2S/c1-7-3-11(16-2)9(13)5-10(7)14-6-8(17)4-12(14)15/h3,5,8,17H,4,6H2,1-2H3. The van der Waals surface area contributed by atoms with Gasteiger partial charge in [0.2, 0.25) is 5.91 Å². The zero-order chi connectivity index (χ0) is 12.6. The van der Waals surface area contributed by atoms with Crippen LogP contribution in [0.1, 0.15) is 12.0 Å². The van der Waals surface area contributed by atoms with Crippen LogP contribution in [0.15, 0.2) is 12.1 Å². The van der Waals surface area contributed by atoms with Crippen molar-refractivity contribution >= 4 is 35.8 Å². The minimum Gasteiger partial charge on any atom is -0.495 e. The number of carbonyl (C=O) groups excluding carboxylic acids is 1. The van der Waals surface area contributed by atoms with E-state index < -0.39 is 0 Å². The second kappa shape index (κ2) is 4.78. The fourth-order valence-corrected chi connectivity index (χ4v) is 2.57. The molecule has 0 saturated carbocycles. The lowest BCUT2D eigenvalue weighted by Crippen LogP contribution is -2.25. The summed E-state index contributed by atoms with van der Waals surface area (Å²) >= 11 is 10.4. The van der Waals surface area contributed by atoms with Crippen molar-refractivity contribution in [2.75, 3.05) is 18.6 Å². The van der Waals surface area contributed by atoms with E-state index in [4.69, 9.17) is 16.3 Å². The predicted molar refractivity (Wildman–Crippen MR) is 72.5 cm³/mol. The molecule has 0 aliphatic carbocycles. The zero-order valence-electron chi connectivity index (χ0n) is 9.74. The molecule has 0 spiro atoms. The first-order chi connectivity index (χ1) is 8.02. The first-order valence-electron chi connectivity index (χ1n) is 5.35. The fraction of sp³-hybridized carbons (Fsp3) is 0.417. The summed E-state index contributed by atoms with van der Waals surface area (Å²) in [7, 11) is 1.57. The molecular weight excluding hydrogens is 258 g/mol. The Bertz CT molecular complexity index is 464. The van der Waals surface area contributed by atoms with Crippen molar-refractivity contribution in [2.45, 2.75) is 18.6 Å². The first-order valence-corrected chi connectivity index (χ1v) is 6.25. The molecule has 1 aliphatic heterocycles. The van der Waals surface area contributed by atoms with E-state index in [0.29, 0.717) is 23.7 Å². The summed E-state index contributed by atoms with van der Waals surface area (Å²) in [5, 5.41) is 0.617. The molecule has 3 nitrogen and oxygen atoms in total. The van der Waals surface area contributed by atoms with E-state index in [1.807, 2.05) is 13.0 Å². The van der Waals surface area contributed by atoms with Crippen LogP contribution in [0.2, 0.25) is 5.02 Å². The summed E-state index contributed by atoms with van der Waals surface area (Å²) in [6.45, 7) is 2.57. The van der Waals surface area contributed by atoms with Gasteiger partial charge in [0, 0.05) is 23.9 Å². The average Bonchev–Trinajstić information content (AvgIpc) is 2.60. The number of methoxy groups -OCH3 is 1. The molecule has 1 aromatic carbocycles. The summed E-state index contributed by atoms with van der Waals surface area (Å²) in [5.41, 5.74) is 1.82. The van der Waals surface area contributed by atoms with Gasteiger partial charge in [0.05, 0.1) is 12.1 Å². The fourth-order valence-electron chi connectivity index (χ4n) is 2.01. The summed E-state index contributed by atoms with van der Waals surface area (Å²) in [4.78, 5) is 13.5. The van der Waals surface area contributed by atoms with Crippen LogP contribution in [0.5, 0.6) is 5.75 Å². The third-order valence-electron chi connectivity index (χ3n) is 2.87. The number of hydrogen-bond donors (Lipinski definition) is 1. The van der Waals surface area contributed by atoms with Gasteiger partial charge in [-0.1, -0.05) is 11.6 Å². The number of carbonyl (C=O) groups is 1. The quantitative estimate of drug-likeness (QED) is 0.838. The maximum atomic E-state index is 11.8. The Morgan fingerprint density at radius 3 is 2.76 bits per heavy atom. The lowest BCUT2D eigenvalue weighted by molar-refractivity contribution is -0.117. The Morgan fingerprint density at radius 1 is 1.53 bits per heavy atom. The second-order valence-corrected chi connectivity index (χ2v) is 5.27. The van der Waals surface area contributed by atoms with Crippen molar-refractivity contribution in [3.8, 4) is 5.75 Å². The number of nitrogens with zero attached hydrogens (tertiary/aromatic N) is 1. The van der Waals surface area contributed by atoms with Crippen molar-refractivity contribution in [1.29, 1.82) is 0 Å². The van der Waals surface area contributed by atoms with Crippen molar-refractivity contribution in [1.82, 2.24) is 0 Å². The molecule has 0 aromatic heterocycles. The van der Waals surface area contributed by atoms with E-state index in [2.05, 4.69) is 12.6 Å². The maximum Gasteiger partial charge on any atom is 0.228 e. The van der Waals surface area contributed by atoms with Gasteiger partial charge in [-0.3, -0.25) is 4.79 Å². The molecule has 1 saturated heterocycles. The Hall–Kier alpha value is -0.870. The van der Waals surface area contributed by atoms with Crippen molar-refractivity contribution < 1.29 is 9.53 Å². The highest BCUT2D eigenvalue weighted by Gasteiger charge is 2.29. The van der Waals surface area contributed by atoms with Gasteiger partial charge in [-0.25, -0.2) is 0 Å². The van der Waals surface area contributed by atoms with Crippen LogP contribution in [0, 0.1) is 6.92 Å². The van der Waals surface area contributed by atoms with Gasteiger partial charge in [-0.15, -0.1) is 0 Å². The van der Waals surface area contributed by atoms with Gasteiger partial charge in [0.1, 0.15) is 5.75 Å². The minimum atomic E-state index is 0.0920. The Labute approximate surface area is 111 Å². The normalized spacial score (nSPS) is 19.9. The molecule has 1 aliphatic rings. The second-order valence-electron chi connectivity index (χ2n) is 4.14. The predicted octanol–water partition coefficient (Wildman–Crippen LogP) is 2.69. The van der Waals surface area contributed by atoms with Crippen LogP contribution >= 0.6 is 24.2 Å². The summed E-state index contributed by atoms with van der Waals surface area (Å²) in [6, 6.07) is 3.62. The van der Waals surface area contributed by atoms with Gasteiger partial charge in [0.25, 0.3) is 0 Å². The number of anilines is 1. The van der Waals surface area contributed by atoms with Gasteiger partial charge < -0.3 is 9.64 Å². The average molecular weight is 272 g/mol. The van der Waals surface area contributed by atoms with Crippen LogP contribution in [-0.2, 0) is 4.79 Å². The van der Waals surface area contributed by atoms with Gasteiger partial charge in [-0.05, 0) is 24.6 Å². The number of thiol groups is 1. The van der Waals surface area contributed by atoms with Crippen LogP contribution in [0.4, 0.5) is 5.69 Å². The molecule has 1 heterocycles. The summed E-state index contributed by atoms with van der Waals surface area (Å²) in [6.07, 6.45) is 0.478. The zero-order valence-corrected chi connectivity index (χ0v) is 11.4. The summed E-state index contributed by atoms with van der Waals surface area (Å²) < 4.78 is 5.14. The van der Waals surface area contributed by atoms with Crippen LogP contribution in [-0.4, -0.2) is 24.8 Å². The maximum absolute atomic E-state index is 11.8. The highest BCUT2D eigenvalue weighted by molar-refractivity contribution is 7.81. The monoisotopic (exact) mass is 271 g/mol. The molecule has 2 rings (SSSR count). The molecule has 92 valence electrons. The first kappa shape index (κ1) is 12.6. The molecule has 1 fully saturated rings. The largest absolute Gasteiger partial charge is 0.495 e. The SMILES string of the molecule is COc1cc(C)c(N2CC(S)CC2=O)cc1Cl. The Balaban J connectivity index is 2.39. The third kappa shape index (κ3) is 2.38. The molecule has 0 radical (unpaired) electrons. The number of halogens is 1. The van der Waals surface area contributed by atoms with E-state index in [1.54, 1.807) is 18.1 Å². The number of benzene rings is 1. The third-order valence-corrected chi connectivity index (χ3v) is 3.51. The summed E-state index contributed by atoms with van der Waals surface area (Å²) in [5.74, 6) is 0.719. The van der Waals surface area contributed by atoms with E-state index in [0.717, 1.165) is 11.3 Å². The molecule has 1 atom stereocenters. The molecule has 5 heteroatoms.